The second kappa shape index (κ2) is 5.64. The summed E-state index contributed by atoms with van der Waals surface area (Å²) in [4.78, 5) is 4.75. The van der Waals surface area contributed by atoms with Gasteiger partial charge in [0.2, 0.25) is 0 Å². The molecule has 1 nitrogen and oxygen atoms in total. The van der Waals surface area contributed by atoms with Gasteiger partial charge in [-0.25, -0.2) is 0 Å². The van der Waals surface area contributed by atoms with Crippen molar-refractivity contribution in [1.82, 2.24) is 4.98 Å². The molecule has 0 spiro atoms. The Kier molecular flexibility index (Phi) is 4.14. The number of rotatable bonds is 1. The van der Waals surface area contributed by atoms with Crippen LogP contribution in [0.3, 0.4) is 0 Å². The average Bonchev–Trinajstić information content (AvgIpc) is 2.38. The molecule has 2 heteroatoms. The molecule has 0 N–H and O–H groups in total. The SMILES string of the molecule is Cc1[c-]c(-c2nc3ccccc3cc2C)ccc1.[Ir]. The van der Waals surface area contributed by atoms with Gasteiger partial charge in [-0.15, -0.1) is 35.4 Å². The Bertz CT molecular complexity index is 719. The third-order valence-electron chi connectivity index (χ3n) is 3.11. The Labute approximate surface area is 127 Å². The fourth-order valence-electron chi connectivity index (χ4n) is 2.22. The van der Waals surface area contributed by atoms with Crippen LogP contribution in [-0.2, 0) is 20.1 Å². The quantitative estimate of drug-likeness (QED) is 0.531. The normalized spacial score (nSPS) is 10.2. The minimum atomic E-state index is 0. The molecular formula is C17H14IrN-. The molecule has 2 aromatic carbocycles. The third kappa shape index (κ3) is 2.75. The molecule has 19 heavy (non-hydrogen) atoms. The van der Waals surface area contributed by atoms with E-state index in [4.69, 9.17) is 4.98 Å². The van der Waals surface area contributed by atoms with Crippen molar-refractivity contribution in [2.75, 3.05) is 0 Å². The van der Waals surface area contributed by atoms with Crippen LogP contribution in [0.15, 0.2) is 48.5 Å². The Morgan fingerprint density at radius 3 is 2.53 bits per heavy atom. The van der Waals surface area contributed by atoms with E-state index in [1.54, 1.807) is 0 Å². The van der Waals surface area contributed by atoms with E-state index in [0.717, 1.165) is 22.3 Å². The van der Waals surface area contributed by atoms with Gasteiger partial charge in [-0.05, 0) is 24.1 Å². The first-order valence-corrected chi connectivity index (χ1v) is 6.10. The summed E-state index contributed by atoms with van der Waals surface area (Å²) in [6, 6.07) is 19.9. The zero-order valence-electron chi connectivity index (χ0n) is 10.9. The first-order chi connectivity index (χ1) is 8.74. The Morgan fingerprint density at radius 1 is 0.947 bits per heavy atom. The molecule has 0 aliphatic carbocycles. The number of hydrogen-bond donors (Lipinski definition) is 0. The van der Waals surface area contributed by atoms with Crippen molar-refractivity contribution < 1.29 is 20.1 Å². The van der Waals surface area contributed by atoms with Crippen LogP contribution in [0.25, 0.3) is 22.2 Å². The van der Waals surface area contributed by atoms with Crippen LogP contribution in [0.5, 0.6) is 0 Å². The number of benzene rings is 2. The summed E-state index contributed by atoms with van der Waals surface area (Å²) in [5.74, 6) is 0. The first-order valence-electron chi connectivity index (χ1n) is 6.10. The van der Waals surface area contributed by atoms with Crippen molar-refractivity contribution in [1.29, 1.82) is 0 Å². The van der Waals surface area contributed by atoms with Gasteiger partial charge < -0.3 is 0 Å². The monoisotopic (exact) mass is 425 g/mol. The van der Waals surface area contributed by atoms with Crippen LogP contribution in [0.4, 0.5) is 0 Å². The summed E-state index contributed by atoms with van der Waals surface area (Å²) in [7, 11) is 0. The van der Waals surface area contributed by atoms with E-state index in [1.165, 1.54) is 10.9 Å². The van der Waals surface area contributed by atoms with Crippen molar-refractivity contribution >= 4 is 10.9 Å². The number of aryl methyl sites for hydroxylation is 2. The fourth-order valence-corrected chi connectivity index (χ4v) is 2.22. The Morgan fingerprint density at radius 2 is 1.74 bits per heavy atom. The minimum Gasteiger partial charge on any atom is -0.296 e. The summed E-state index contributed by atoms with van der Waals surface area (Å²) in [5.41, 5.74) is 5.46. The largest absolute Gasteiger partial charge is 0.296 e. The molecule has 1 heterocycles. The molecule has 0 fully saturated rings. The van der Waals surface area contributed by atoms with Gasteiger partial charge in [0.15, 0.2) is 0 Å². The van der Waals surface area contributed by atoms with Gasteiger partial charge >= 0.3 is 0 Å². The van der Waals surface area contributed by atoms with Crippen molar-refractivity contribution in [2.24, 2.45) is 0 Å². The number of pyridine rings is 1. The van der Waals surface area contributed by atoms with Crippen LogP contribution in [0.1, 0.15) is 11.1 Å². The molecule has 3 aromatic rings. The number of hydrogen-bond acceptors (Lipinski definition) is 1. The molecule has 0 aliphatic rings. The van der Waals surface area contributed by atoms with E-state index in [9.17, 15) is 0 Å². The van der Waals surface area contributed by atoms with E-state index < -0.39 is 0 Å². The van der Waals surface area contributed by atoms with Gasteiger partial charge in [-0.3, -0.25) is 4.98 Å². The fraction of sp³-hybridized carbons (Fsp3) is 0.118. The summed E-state index contributed by atoms with van der Waals surface area (Å²) >= 11 is 0. The molecule has 0 saturated carbocycles. The Balaban J connectivity index is 0.00000133. The molecule has 0 aliphatic heterocycles. The van der Waals surface area contributed by atoms with Crippen LogP contribution >= 0.6 is 0 Å². The number of nitrogens with zero attached hydrogens (tertiary/aromatic N) is 1. The standard InChI is InChI=1S/C17H14N.Ir/c1-12-6-5-8-15(10-12)17-13(2)11-14-7-3-4-9-16(14)18-17;/h3-9,11H,1-2H3;/q-1;. The second-order valence-corrected chi connectivity index (χ2v) is 4.59. The molecule has 0 unspecified atom stereocenters. The molecule has 0 atom stereocenters. The van der Waals surface area contributed by atoms with Gasteiger partial charge in [0.25, 0.3) is 0 Å². The van der Waals surface area contributed by atoms with Crippen LogP contribution in [-0.4, -0.2) is 4.98 Å². The van der Waals surface area contributed by atoms with Gasteiger partial charge in [0.1, 0.15) is 0 Å². The van der Waals surface area contributed by atoms with Crippen LogP contribution in [0, 0.1) is 19.9 Å². The molecule has 3 rings (SSSR count). The van der Waals surface area contributed by atoms with E-state index in [2.05, 4.69) is 50.2 Å². The summed E-state index contributed by atoms with van der Waals surface area (Å²) in [6.07, 6.45) is 0. The van der Waals surface area contributed by atoms with Crippen molar-refractivity contribution in [3.05, 3.63) is 65.7 Å². The summed E-state index contributed by atoms with van der Waals surface area (Å²) < 4.78 is 0. The topological polar surface area (TPSA) is 12.9 Å². The minimum absolute atomic E-state index is 0. The maximum absolute atomic E-state index is 4.75. The van der Waals surface area contributed by atoms with Gasteiger partial charge in [0.05, 0.1) is 5.52 Å². The van der Waals surface area contributed by atoms with Crippen LogP contribution < -0.4 is 0 Å². The summed E-state index contributed by atoms with van der Waals surface area (Å²) in [6.45, 7) is 4.16. The Hall–Kier alpha value is -1.50. The molecule has 1 aromatic heterocycles. The third-order valence-corrected chi connectivity index (χ3v) is 3.11. The first kappa shape index (κ1) is 13.9. The zero-order valence-corrected chi connectivity index (χ0v) is 13.3. The number of fused-ring (bicyclic) bond motifs is 1. The second-order valence-electron chi connectivity index (χ2n) is 4.59. The molecule has 0 amide bonds. The van der Waals surface area contributed by atoms with E-state index in [1.807, 2.05) is 18.2 Å². The predicted molar refractivity (Wildman–Crippen MR) is 75.5 cm³/mol. The maximum atomic E-state index is 4.75. The predicted octanol–water partition coefficient (Wildman–Crippen LogP) is 4.32. The van der Waals surface area contributed by atoms with E-state index in [0.29, 0.717) is 0 Å². The number of para-hydroxylation sites is 1. The van der Waals surface area contributed by atoms with E-state index in [-0.39, 0.29) is 20.1 Å². The van der Waals surface area contributed by atoms with E-state index >= 15 is 0 Å². The maximum Gasteiger partial charge on any atom is 0.0595 e. The van der Waals surface area contributed by atoms with Gasteiger partial charge in [0, 0.05) is 20.1 Å². The molecule has 0 saturated heterocycles. The smallest absolute Gasteiger partial charge is 0.0595 e. The van der Waals surface area contributed by atoms with Crippen molar-refractivity contribution in [3.8, 4) is 11.3 Å². The molecule has 0 bridgehead atoms. The molecular weight excluding hydrogens is 410 g/mol. The summed E-state index contributed by atoms with van der Waals surface area (Å²) in [5, 5.41) is 1.19. The zero-order chi connectivity index (χ0) is 12.5. The van der Waals surface area contributed by atoms with Gasteiger partial charge in [-0.1, -0.05) is 36.8 Å². The van der Waals surface area contributed by atoms with Crippen molar-refractivity contribution in [2.45, 2.75) is 13.8 Å². The van der Waals surface area contributed by atoms with Crippen LogP contribution in [0.2, 0.25) is 0 Å². The number of aromatic nitrogens is 1. The molecule has 1 radical (unpaired) electrons. The van der Waals surface area contributed by atoms with Crippen molar-refractivity contribution in [3.63, 3.8) is 0 Å². The molecule has 97 valence electrons. The average molecular weight is 425 g/mol. The van der Waals surface area contributed by atoms with Gasteiger partial charge in [-0.2, -0.15) is 0 Å².